The highest BCUT2D eigenvalue weighted by molar-refractivity contribution is 5.57. The summed E-state index contributed by atoms with van der Waals surface area (Å²) in [4.78, 5) is 2.37. The largest absolute Gasteiger partial charge is 0.493 e. The molecule has 1 unspecified atom stereocenters. The predicted octanol–water partition coefficient (Wildman–Crippen LogP) is 2.44. The van der Waals surface area contributed by atoms with Crippen LogP contribution in [0.5, 0.6) is 11.5 Å². The second-order valence-corrected chi connectivity index (χ2v) is 4.87. The van der Waals surface area contributed by atoms with Crippen LogP contribution in [0, 0.1) is 11.3 Å². The number of hydrogen-bond donors (Lipinski definition) is 1. The summed E-state index contributed by atoms with van der Waals surface area (Å²) in [6.45, 7) is 3.66. The Bertz CT molecular complexity index is 409. The zero-order chi connectivity index (χ0) is 13.5. The molecule has 1 aromatic carbocycles. The van der Waals surface area contributed by atoms with Crippen molar-refractivity contribution in [1.82, 2.24) is 4.90 Å². The van der Waals surface area contributed by atoms with E-state index in [1.165, 1.54) is 6.42 Å². The zero-order valence-electron chi connectivity index (χ0n) is 11.5. The van der Waals surface area contributed by atoms with Gasteiger partial charge in [-0.15, -0.1) is 0 Å². The Labute approximate surface area is 114 Å². The Morgan fingerprint density at radius 3 is 2.89 bits per heavy atom. The van der Waals surface area contributed by atoms with Crippen LogP contribution in [0.4, 0.5) is 0 Å². The molecule has 4 nitrogen and oxygen atoms in total. The summed E-state index contributed by atoms with van der Waals surface area (Å²) < 4.78 is 11.0. The summed E-state index contributed by atoms with van der Waals surface area (Å²) in [7, 11) is 1.65. The first-order valence-electron chi connectivity index (χ1n) is 6.82. The molecule has 1 fully saturated rings. The third-order valence-corrected chi connectivity index (χ3v) is 3.51. The van der Waals surface area contributed by atoms with Crippen molar-refractivity contribution in [3.63, 3.8) is 0 Å². The number of para-hydroxylation sites is 2. The van der Waals surface area contributed by atoms with E-state index in [2.05, 4.69) is 4.90 Å². The van der Waals surface area contributed by atoms with Gasteiger partial charge in [0.1, 0.15) is 6.61 Å². The van der Waals surface area contributed by atoms with Crippen molar-refractivity contribution < 1.29 is 9.47 Å². The predicted molar refractivity (Wildman–Crippen MR) is 76.4 cm³/mol. The molecular formula is C15H22N2O2. The van der Waals surface area contributed by atoms with E-state index in [9.17, 15) is 0 Å². The van der Waals surface area contributed by atoms with E-state index in [0.717, 1.165) is 37.6 Å². The minimum absolute atomic E-state index is 0.417. The second-order valence-electron chi connectivity index (χ2n) is 4.87. The van der Waals surface area contributed by atoms with E-state index < -0.39 is 0 Å². The highest BCUT2D eigenvalue weighted by Crippen LogP contribution is 2.25. The summed E-state index contributed by atoms with van der Waals surface area (Å²) >= 11 is 0. The summed E-state index contributed by atoms with van der Waals surface area (Å²) in [6.07, 6.45) is 3.90. The Hall–Kier alpha value is -1.55. The molecule has 4 heteroatoms. The molecule has 1 heterocycles. The van der Waals surface area contributed by atoms with Crippen LogP contribution in [-0.4, -0.2) is 44.5 Å². The smallest absolute Gasteiger partial charge is 0.161 e. The van der Waals surface area contributed by atoms with Crippen molar-refractivity contribution in [3.05, 3.63) is 24.3 Å². The van der Waals surface area contributed by atoms with Crippen molar-refractivity contribution in [2.45, 2.75) is 12.8 Å². The summed E-state index contributed by atoms with van der Waals surface area (Å²) in [6, 6.07) is 7.71. The van der Waals surface area contributed by atoms with Crippen LogP contribution in [0.3, 0.4) is 0 Å². The number of ether oxygens (including phenoxy) is 2. The Morgan fingerprint density at radius 1 is 1.37 bits per heavy atom. The van der Waals surface area contributed by atoms with Gasteiger partial charge in [-0.1, -0.05) is 12.1 Å². The fourth-order valence-electron chi connectivity index (χ4n) is 2.45. The van der Waals surface area contributed by atoms with Gasteiger partial charge in [0.15, 0.2) is 11.5 Å². The molecular weight excluding hydrogens is 240 g/mol. The van der Waals surface area contributed by atoms with Gasteiger partial charge in [-0.3, -0.25) is 4.90 Å². The van der Waals surface area contributed by atoms with Gasteiger partial charge in [-0.05, 0) is 37.7 Å². The number of nitrogens with one attached hydrogen (secondary N) is 1. The lowest BCUT2D eigenvalue weighted by atomic mass is 10.00. The van der Waals surface area contributed by atoms with Gasteiger partial charge in [0.2, 0.25) is 0 Å². The third-order valence-electron chi connectivity index (χ3n) is 3.51. The average molecular weight is 262 g/mol. The minimum atomic E-state index is 0.417. The molecule has 0 amide bonds. The second kappa shape index (κ2) is 7.14. The lowest BCUT2D eigenvalue weighted by Gasteiger charge is -2.30. The van der Waals surface area contributed by atoms with Gasteiger partial charge in [0, 0.05) is 19.0 Å². The van der Waals surface area contributed by atoms with E-state index in [4.69, 9.17) is 14.9 Å². The van der Waals surface area contributed by atoms with Crippen LogP contribution in [-0.2, 0) is 0 Å². The van der Waals surface area contributed by atoms with E-state index in [-0.39, 0.29) is 0 Å². The normalized spacial score (nSPS) is 19.9. The SMILES string of the molecule is COc1ccccc1OCCN1CCCC(C=N)C1. The maximum atomic E-state index is 7.35. The molecule has 0 bridgehead atoms. The Morgan fingerprint density at radius 2 is 2.16 bits per heavy atom. The molecule has 1 N–H and O–H groups in total. The molecule has 0 radical (unpaired) electrons. The number of likely N-dealkylation sites (tertiary alicyclic amines) is 1. The standard InChI is InChI=1S/C15H22N2O2/c1-18-14-6-2-3-7-15(14)19-10-9-17-8-4-5-13(11-16)12-17/h2-3,6-7,11,13,16H,4-5,8-10,12H2,1H3. The van der Waals surface area contributed by atoms with Crippen LogP contribution < -0.4 is 9.47 Å². The van der Waals surface area contributed by atoms with Crippen LogP contribution in [0.25, 0.3) is 0 Å². The van der Waals surface area contributed by atoms with E-state index in [1.54, 1.807) is 13.3 Å². The van der Waals surface area contributed by atoms with Crippen LogP contribution >= 0.6 is 0 Å². The molecule has 104 valence electrons. The molecule has 0 saturated carbocycles. The van der Waals surface area contributed by atoms with Crippen LogP contribution in [0.15, 0.2) is 24.3 Å². The van der Waals surface area contributed by atoms with Gasteiger partial charge in [-0.25, -0.2) is 0 Å². The summed E-state index contributed by atoms with van der Waals surface area (Å²) in [5.41, 5.74) is 0. The van der Waals surface area contributed by atoms with Gasteiger partial charge in [0.05, 0.1) is 7.11 Å². The first-order valence-corrected chi connectivity index (χ1v) is 6.82. The maximum Gasteiger partial charge on any atom is 0.161 e. The van der Waals surface area contributed by atoms with Crippen molar-refractivity contribution in [2.24, 2.45) is 5.92 Å². The first kappa shape index (κ1) is 13.9. The van der Waals surface area contributed by atoms with Gasteiger partial charge >= 0.3 is 0 Å². The fraction of sp³-hybridized carbons (Fsp3) is 0.533. The quantitative estimate of drug-likeness (QED) is 0.801. The molecule has 1 saturated heterocycles. The van der Waals surface area contributed by atoms with Gasteiger partial charge in [0.25, 0.3) is 0 Å². The summed E-state index contributed by atoms with van der Waals surface area (Å²) in [5.74, 6) is 1.99. The highest BCUT2D eigenvalue weighted by atomic mass is 16.5. The Balaban J connectivity index is 1.78. The number of hydrogen-bond acceptors (Lipinski definition) is 4. The average Bonchev–Trinajstić information content (AvgIpc) is 2.48. The lowest BCUT2D eigenvalue weighted by Crippen LogP contribution is -2.38. The molecule has 1 atom stereocenters. The highest BCUT2D eigenvalue weighted by Gasteiger charge is 2.17. The van der Waals surface area contributed by atoms with Gasteiger partial charge in [-0.2, -0.15) is 0 Å². The number of benzene rings is 1. The van der Waals surface area contributed by atoms with E-state index in [0.29, 0.717) is 12.5 Å². The van der Waals surface area contributed by atoms with Crippen molar-refractivity contribution in [2.75, 3.05) is 33.4 Å². The summed E-state index contributed by atoms with van der Waals surface area (Å²) in [5, 5.41) is 7.35. The molecule has 0 aliphatic carbocycles. The van der Waals surface area contributed by atoms with Crippen molar-refractivity contribution in [3.8, 4) is 11.5 Å². The van der Waals surface area contributed by atoms with Gasteiger partial charge < -0.3 is 14.9 Å². The Kier molecular flexibility index (Phi) is 5.21. The number of methoxy groups -OCH3 is 1. The van der Waals surface area contributed by atoms with Crippen molar-refractivity contribution >= 4 is 6.21 Å². The molecule has 19 heavy (non-hydrogen) atoms. The fourth-order valence-corrected chi connectivity index (χ4v) is 2.45. The molecule has 1 aliphatic heterocycles. The monoisotopic (exact) mass is 262 g/mol. The number of rotatable bonds is 6. The third kappa shape index (κ3) is 3.96. The molecule has 2 rings (SSSR count). The first-order chi connectivity index (χ1) is 9.33. The van der Waals surface area contributed by atoms with E-state index in [1.807, 2.05) is 24.3 Å². The number of piperidine rings is 1. The lowest BCUT2D eigenvalue weighted by molar-refractivity contribution is 0.166. The molecule has 1 aromatic rings. The molecule has 0 spiro atoms. The number of nitrogens with zero attached hydrogens (tertiary/aromatic N) is 1. The maximum absolute atomic E-state index is 7.35. The van der Waals surface area contributed by atoms with Crippen LogP contribution in [0.2, 0.25) is 0 Å². The minimum Gasteiger partial charge on any atom is -0.493 e. The van der Waals surface area contributed by atoms with E-state index >= 15 is 0 Å². The van der Waals surface area contributed by atoms with Crippen molar-refractivity contribution in [1.29, 1.82) is 5.41 Å². The topological polar surface area (TPSA) is 45.6 Å². The molecule has 0 aromatic heterocycles. The zero-order valence-corrected chi connectivity index (χ0v) is 11.5. The molecule has 1 aliphatic rings. The van der Waals surface area contributed by atoms with Crippen LogP contribution in [0.1, 0.15) is 12.8 Å².